The number of nitrogens with zero attached hydrogens (tertiary/aromatic N) is 3. The third-order valence-electron chi connectivity index (χ3n) is 3.20. The van der Waals surface area contributed by atoms with Gasteiger partial charge in [-0.15, -0.1) is 0 Å². The Balaban J connectivity index is 1.91. The lowest BCUT2D eigenvalue weighted by Gasteiger charge is -2.31. The second-order valence-electron chi connectivity index (χ2n) is 4.42. The summed E-state index contributed by atoms with van der Waals surface area (Å²) in [5.41, 5.74) is 0. The molecule has 0 unspecified atom stereocenters. The highest BCUT2D eigenvalue weighted by atomic mass is 127. The van der Waals surface area contributed by atoms with Crippen LogP contribution in [-0.4, -0.2) is 23.1 Å². The predicted molar refractivity (Wildman–Crippen MR) is 74.6 cm³/mol. The van der Waals surface area contributed by atoms with Gasteiger partial charge in [-0.25, -0.2) is 9.97 Å². The third-order valence-corrected chi connectivity index (χ3v) is 3.76. The molecule has 4 heteroatoms. The van der Waals surface area contributed by atoms with Crippen LogP contribution in [0.3, 0.4) is 0 Å². The van der Waals surface area contributed by atoms with Gasteiger partial charge in [0.15, 0.2) is 0 Å². The lowest BCUT2D eigenvalue weighted by molar-refractivity contribution is 0.376. The van der Waals surface area contributed by atoms with E-state index < -0.39 is 0 Å². The molecule has 0 spiro atoms. The maximum absolute atomic E-state index is 4.38. The van der Waals surface area contributed by atoms with Crippen molar-refractivity contribution in [3.8, 4) is 0 Å². The number of piperidine rings is 1. The Hall–Kier alpha value is -0.390. The van der Waals surface area contributed by atoms with Crippen molar-refractivity contribution >= 4 is 28.5 Å². The van der Waals surface area contributed by atoms with Gasteiger partial charge in [0.25, 0.3) is 0 Å². The molecule has 1 aliphatic heterocycles. The topological polar surface area (TPSA) is 29.0 Å². The molecular formula is C12H18IN3. The second kappa shape index (κ2) is 5.80. The van der Waals surface area contributed by atoms with E-state index in [1.54, 1.807) is 0 Å². The zero-order valence-corrected chi connectivity index (χ0v) is 11.9. The molecule has 1 saturated heterocycles. The summed E-state index contributed by atoms with van der Waals surface area (Å²) in [5.74, 6) is 1.82. The van der Waals surface area contributed by atoms with E-state index in [4.69, 9.17) is 0 Å². The Kier molecular flexibility index (Phi) is 4.37. The van der Waals surface area contributed by atoms with Crippen LogP contribution in [0.2, 0.25) is 0 Å². The second-order valence-corrected chi connectivity index (χ2v) is 5.67. The fourth-order valence-electron chi connectivity index (χ4n) is 2.30. The first-order valence-corrected chi connectivity index (χ1v) is 7.10. The first-order valence-electron chi connectivity index (χ1n) is 6.02. The highest BCUT2D eigenvalue weighted by Crippen LogP contribution is 2.23. The maximum atomic E-state index is 4.38. The van der Waals surface area contributed by atoms with Crippen LogP contribution in [0.15, 0.2) is 12.4 Å². The fourth-order valence-corrected chi connectivity index (χ4v) is 2.58. The van der Waals surface area contributed by atoms with Crippen molar-refractivity contribution in [1.29, 1.82) is 0 Å². The zero-order valence-electron chi connectivity index (χ0n) is 9.69. The lowest BCUT2D eigenvalue weighted by atomic mass is 9.93. The molecule has 3 nitrogen and oxygen atoms in total. The van der Waals surface area contributed by atoms with E-state index in [9.17, 15) is 0 Å². The lowest BCUT2D eigenvalue weighted by Crippen LogP contribution is -2.34. The van der Waals surface area contributed by atoms with E-state index in [2.05, 4.69) is 44.4 Å². The largest absolute Gasteiger partial charge is 0.341 e. The number of anilines is 1. The van der Waals surface area contributed by atoms with Crippen molar-refractivity contribution in [2.75, 3.05) is 18.0 Å². The van der Waals surface area contributed by atoms with Gasteiger partial charge in [-0.05, 0) is 41.4 Å². The van der Waals surface area contributed by atoms with Gasteiger partial charge >= 0.3 is 0 Å². The number of aromatic nitrogens is 2. The summed E-state index contributed by atoms with van der Waals surface area (Å²) in [7, 11) is 0. The summed E-state index contributed by atoms with van der Waals surface area (Å²) in [6, 6.07) is 0. The Morgan fingerprint density at radius 2 is 1.94 bits per heavy atom. The molecule has 0 saturated carbocycles. The highest BCUT2D eigenvalue weighted by molar-refractivity contribution is 14.1. The van der Waals surface area contributed by atoms with E-state index in [1.165, 1.54) is 25.7 Å². The monoisotopic (exact) mass is 331 g/mol. The van der Waals surface area contributed by atoms with Crippen molar-refractivity contribution in [1.82, 2.24) is 9.97 Å². The number of rotatable bonds is 3. The Morgan fingerprint density at radius 3 is 2.50 bits per heavy atom. The zero-order chi connectivity index (χ0) is 11.4. The van der Waals surface area contributed by atoms with Crippen molar-refractivity contribution in [2.45, 2.75) is 32.6 Å². The molecule has 0 atom stereocenters. The summed E-state index contributed by atoms with van der Waals surface area (Å²) < 4.78 is 1.10. The minimum atomic E-state index is 0.898. The average molecular weight is 331 g/mol. The number of hydrogen-bond acceptors (Lipinski definition) is 3. The SMILES string of the molecule is CCCC1CCN(c2ncc(I)cn2)CC1. The molecule has 1 fully saturated rings. The molecule has 0 N–H and O–H groups in total. The predicted octanol–water partition coefficient (Wildman–Crippen LogP) is 3.10. The van der Waals surface area contributed by atoms with Crippen LogP contribution < -0.4 is 4.90 Å². The Labute approximate surface area is 111 Å². The Morgan fingerprint density at radius 1 is 1.31 bits per heavy atom. The molecule has 2 heterocycles. The molecule has 0 bridgehead atoms. The molecule has 1 aromatic heterocycles. The number of halogens is 1. The third kappa shape index (κ3) is 3.06. The summed E-state index contributed by atoms with van der Waals surface area (Å²) in [5, 5.41) is 0. The normalized spacial score (nSPS) is 17.8. The molecule has 1 aromatic rings. The van der Waals surface area contributed by atoms with Gasteiger partial charge in [0.2, 0.25) is 5.95 Å². The maximum Gasteiger partial charge on any atom is 0.225 e. The van der Waals surface area contributed by atoms with Gasteiger partial charge in [-0.1, -0.05) is 19.8 Å². The van der Waals surface area contributed by atoms with Gasteiger partial charge in [0.1, 0.15) is 0 Å². The van der Waals surface area contributed by atoms with Crippen molar-refractivity contribution < 1.29 is 0 Å². The van der Waals surface area contributed by atoms with Crippen LogP contribution in [0, 0.1) is 9.49 Å². The van der Waals surface area contributed by atoms with Crippen LogP contribution in [0.25, 0.3) is 0 Å². The van der Waals surface area contributed by atoms with Gasteiger partial charge in [0.05, 0.1) is 0 Å². The van der Waals surface area contributed by atoms with E-state index in [0.717, 1.165) is 28.5 Å². The molecule has 16 heavy (non-hydrogen) atoms. The molecule has 0 aliphatic carbocycles. The van der Waals surface area contributed by atoms with Crippen molar-refractivity contribution in [3.63, 3.8) is 0 Å². The van der Waals surface area contributed by atoms with Gasteiger partial charge in [-0.2, -0.15) is 0 Å². The van der Waals surface area contributed by atoms with Crippen LogP contribution >= 0.6 is 22.6 Å². The summed E-state index contributed by atoms with van der Waals surface area (Å²) in [6.45, 7) is 4.51. The first-order chi connectivity index (χ1) is 7.79. The summed E-state index contributed by atoms with van der Waals surface area (Å²) >= 11 is 2.24. The minimum Gasteiger partial charge on any atom is -0.341 e. The quantitative estimate of drug-likeness (QED) is 0.797. The fraction of sp³-hybridized carbons (Fsp3) is 0.667. The molecule has 0 amide bonds. The highest BCUT2D eigenvalue weighted by Gasteiger charge is 2.19. The molecule has 1 aliphatic rings. The van der Waals surface area contributed by atoms with E-state index in [0.29, 0.717) is 0 Å². The first kappa shape index (κ1) is 12.1. The standard InChI is InChI=1S/C12H18IN3/c1-2-3-10-4-6-16(7-5-10)12-14-8-11(13)9-15-12/h8-10H,2-7H2,1H3. The molecule has 0 radical (unpaired) electrons. The molecule has 0 aromatic carbocycles. The van der Waals surface area contributed by atoms with Gasteiger partial charge in [-0.3, -0.25) is 0 Å². The smallest absolute Gasteiger partial charge is 0.225 e. The average Bonchev–Trinajstić information content (AvgIpc) is 2.32. The summed E-state index contributed by atoms with van der Waals surface area (Å²) in [6.07, 6.45) is 9.06. The summed E-state index contributed by atoms with van der Waals surface area (Å²) in [4.78, 5) is 11.1. The van der Waals surface area contributed by atoms with Gasteiger partial charge < -0.3 is 4.90 Å². The number of hydrogen-bond donors (Lipinski definition) is 0. The molecule has 2 rings (SSSR count). The van der Waals surface area contributed by atoms with E-state index in [-0.39, 0.29) is 0 Å². The van der Waals surface area contributed by atoms with Crippen LogP contribution in [0.4, 0.5) is 5.95 Å². The Bertz CT molecular complexity index is 318. The van der Waals surface area contributed by atoms with E-state index in [1.807, 2.05) is 12.4 Å². The van der Waals surface area contributed by atoms with Gasteiger partial charge in [0, 0.05) is 29.1 Å². The molecular weight excluding hydrogens is 313 g/mol. The minimum absolute atomic E-state index is 0.898. The van der Waals surface area contributed by atoms with E-state index >= 15 is 0 Å². The van der Waals surface area contributed by atoms with Crippen LogP contribution in [0.1, 0.15) is 32.6 Å². The van der Waals surface area contributed by atoms with Crippen LogP contribution in [0.5, 0.6) is 0 Å². The van der Waals surface area contributed by atoms with Crippen molar-refractivity contribution in [2.24, 2.45) is 5.92 Å². The van der Waals surface area contributed by atoms with Crippen molar-refractivity contribution in [3.05, 3.63) is 16.0 Å². The van der Waals surface area contributed by atoms with Crippen LogP contribution in [-0.2, 0) is 0 Å². The molecule has 88 valence electrons.